The van der Waals surface area contributed by atoms with Gasteiger partial charge >= 0.3 is 0 Å². The van der Waals surface area contributed by atoms with Crippen molar-refractivity contribution < 1.29 is 9.53 Å². The molecule has 1 aromatic carbocycles. The lowest BCUT2D eigenvalue weighted by molar-refractivity contribution is 0.0963. The van der Waals surface area contributed by atoms with Gasteiger partial charge in [-0.15, -0.1) is 5.10 Å². The monoisotopic (exact) mass is 380 g/mol. The summed E-state index contributed by atoms with van der Waals surface area (Å²) in [6.07, 6.45) is 4.03. The zero-order valence-electron chi connectivity index (χ0n) is 15.8. The van der Waals surface area contributed by atoms with Crippen LogP contribution in [0, 0.1) is 0 Å². The number of carbonyl (C=O) groups excluding carboxylic acids is 1. The Balaban J connectivity index is 1.50. The maximum Gasteiger partial charge on any atom is 0.251 e. The summed E-state index contributed by atoms with van der Waals surface area (Å²) in [7, 11) is 1.61. The van der Waals surface area contributed by atoms with E-state index < -0.39 is 0 Å². The van der Waals surface area contributed by atoms with E-state index >= 15 is 0 Å². The predicted molar refractivity (Wildman–Crippen MR) is 107 cm³/mol. The van der Waals surface area contributed by atoms with Crippen LogP contribution < -0.4 is 21.1 Å². The van der Waals surface area contributed by atoms with Gasteiger partial charge in [0.2, 0.25) is 11.8 Å². The quantitative estimate of drug-likeness (QED) is 0.628. The fourth-order valence-electron chi connectivity index (χ4n) is 3.38. The van der Waals surface area contributed by atoms with Crippen LogP contribution >= 0.6 is 0 Å². The van der Waals surface area contributed by atoms with E-state index in [4.69, 9.17) is 10.5 Å². The zero-order valence-corrected chi connectivity index (χ0v) is 15.8. The summed E-state index contributed by atoms with van der Waals surface area (Å²) >= 11 is 0. The fraction of sp³-hybridized carbons (Fsp3) is 0.350. The second-order valence-electron chi connectivity index (χ2n) is 7.01. The molecule has 0 bridgehead atoms. The van der Waals surface area contributed by atoms with Crippen molar-refractivity contribution in [3.8, 4) is 5.88 Å². The summed E-state index contributed by atoms with van der Waals surface area (Å²) in [5.74, 6) is 1.02. The van der Waals surface area contributed by atoms with E-state index in [-0.39, 0.29) is 18.1 Å². The highest BCUT2D eigenvalue weighted by molar-refractivity contribution is 5.94. The first-order valence-corrected chi connectivity index (χ1v) is 9.49. The number of aromatic nitrogens is 3. The van der Waals surface area contributed by atoms with Crippen molar-refractivity contribution in [2.45, 2.75) is 37.8 Å². The van der Waals surface area contributed by atoms with E-state index in [9.17, 15) is 4.79 Å². The molecule has 8 nitrogen and oxygen atoms in total. The largest absolute Gasteiger partial charge is 0.474 e. The molecule has 1 saturated carbocycles. The molecule has 8 heteroatoms. The molecule has 0 spiro atoms. The van der Waals surface area contributed by atoms with Gasteiger partial charge in [-0.05, 0) is 56.0 Å². The number of anilines is 2. The molecule has 1 aliphatic carbocycles. The van der Waals surface area contributed by atoms with Gasteiger partial charge in [-0.25, -0.2) is 0 Å². The lowest BCUT2D eigenvalue weighted by Gasteiger charge is -2.26. The van der Waals surface area contributed by atoms with Crippen LogP contribution in [0.5, 0.6) is 5.88 Å². The molecule has 0 radical (unpaired) electrons. The van der Waals surface area contributed by atoms with Crippen molar-refractivity contribution >= 4 is 23.2 Å². The van der Waals surface area contributed by atoms with Gasteiger partial charge in [0.05, 0.1) is 0 Å². The standard InChI is InChI=1S/C20H24N6O2/c1-22-19(27)13-5-9-15(10-6-13)23-20-24-17-3-2-4-18(26(17)25-20)28-16-11-7-14(21)8-12-16/h2-6,9-10,14,16H,7-8,11-12,21H2,1H3,(H,22,27)(H,23,25)/t14-,16-. The molecular formula is C20H24N6O2. The first kappa shape index (κ1) is 18.2. The number of benzene rings is 1. The summed E-state index contributed by atoms with van der Waals surface area (Å²) in [5.41, 5.74) is 8.08. The molecule has 1 aliphatic rings. The van der Waals surface area contributed by atoms with Crippen LogP contribution in [0.15, 0.2) is 42.5 Å². The van der Waals surface area contributed by atoms with Gasteiger partial charge in [0, 0.05) is 30.4 Å². The summed E-state index contributed by atoms with van der Waals surface area (Å²) < 4.78 is 7.87. The molecule has 0 atom stereocenters. The summed E-state index contributed by atoms with van der Waals surface area (Å²) in [6, 6.07) is 13.1. The van der Waals surface area contributed by atoms with E-state index in [1.165, 1.54) is 0 Å². The van der Waals surface area contributed by atoms with Crippen LogP contribution in [-0.2, 0) is 0 Å². The highest BCUT2D eigenvalue weighted by atomic mass is 16.5. The van der Waals surface area contributed by atoms with Gasteiger partial charge in [0.25, 0.3) is 5.91 Å². The lowest BCUT2D eigenvalue weighted by atomic mass is 9.94. The highest BCUT2D eigenvalue weighted by Gasteiger charge is 2.21. The maximum absolute atomic E-state index is 11.6. The topological polar surface area (TPSA) is 107 Å². The van der Waals surface area contributed by atoms with E-state index in [0.717, 1.165) is 31.4 Å². The third-order valence-corrected chi connectivity index (χ3v) is 4.96. The van der Waals surface area contributed by atoms with Crippen LogP contribution in [0.3, 0.4) is 0 Å². The molecule has 4 N–H and O–H groups in total. The Morgan fingerprint density at radius 3 is 2.61 bits per heavy atom. The smallest absolute Gasteiger partial charge is 0.251 e. The van der Waals surface area contributed by atoms with Crippen LogP contribution in [-0.4, -0.2) is 39.7 Å². The Morgan fingerprint density at radius 2 is 1.89 bits per heavy atom. The Labute approximate surface area is 163 Å². The molecule has 1 amide bonds. The number of hydrogen-bond acceptors (Lipinski definition) is 6. The summed E-state index contributed by atoms with van der Waals surface area (Å²) in [5, 5.41) is 10.3. The van der Waals surface area contributed by atoms with Crippen molar-refractivity contribution in [3.05, 3.63) is 48.0 Å². The number of ether oxygens (including phenoxy) is 1. The minimum atomic E-state index is -0.122. The number of amides is 1. The highest BCUT2D eigenvalue weighted by Crippen LogP contribution is 2.24. The van der Waals surface area contributed by atoms with Crippen LogP contribution in [0.2, 0.25) is 0 Å². The maximum atomic E-state index is 11.6. The average molecular weight is 380 g/mol. The van der Waals surface area contributed by atoms with Crippen molar-refractivity contribution in [1.82, 2.24) is 19.9 Å². The Hall–Kier alpha value is -3.13. The molecule has 1 fully saturated rings. The van der Waals surface area contributed by atoms with Crippen molar-refractivity contribution in [1.29, 1.82) is 0 Å². The molecule has 3 aromatic rings. The van der Waals surface area contributed by atoms with Gasteiger partial charge < -0.3 is 21.1 Å². The first-order chi connectivity index (χ1) is 13.6. The minimum Gasteiger partial charge on any atom is -0.474 e. The number of carbonyl (C=O) groups is 1. The van der Waals surface area contributed by atoms with Crippen molar-refractivity contribution in [2.75, 3.05) is 12.4 Å². The third kappa shape index (κ3) is 3.91. The van der Waals surface area contributed by atoms with Gasteiger partial charge in [-0.1, -0.05) is 6.07 Å². The second kappa shape index (κ2) is 7.85. The number of pyridine rings is 1. The van der Waals surface area contributed by atoms with E-state index in [1.54, 1.807) is 23.7 Å². The number of nitrogens with one attached hydrogen (secondary N) is 2. The molecule has 28 heavy (non-hydrogen) atoms. The molecule has 0 saturated heterocycles. The molecule has 4 rings (SSSR count). The van der Waals surface area contributed by atoms with Crippen LogP contribution in [0.1, 0.15) is 36.0 Å². The number of rotatable bonds is 5. The molecule has 0 aliphatic heterocycles. The lowest BCUT2D eigenvalue weighted by Crippen LogP contribution is -2.32. The van der Waals surface area contributed by atoms with Crippen LogP contribution in [0.4, 0.5) is 11.6 Å². The predicted octanol–water partition coefficient (Wildman–Crippen LogP) is 2.48. The molecular weight excluding hydrogens is 356 g/mol. The van der Waals surface area contributed by atoms with E-state index in [2.05, 4.69) is 20.7 Å². The Kier molecular flexibility index (Phi) is 5.12. The van der Waals surface area contributed by atoms with E-state index in [1.807, 2.05) is 30.3 Å². The number of hydrogen-bond donors (Lipinski definition) is 3. The van der Waals surface area contributed by atoms with Crippen LogP contribution in [0.25, 0.3) is 5.65 Å². The third-order valence-electron chi connectivity index (χ3n) is 4.96. The Morgan fingerprint density at radius 1 is 1.14 bits per heavy atom. The second-order valence-corrected chi connectivity index (χ2v) is 7.01. The molecule has 0 unspecified atom stereocenters. The minimum absolute atomic E-state index is 0.122. The van der Waals surface area contributed by atoms with Gasteiger partial charge in [-0.3, -0.25) is 4.79 Å². The summed E-state index contributed by atoms with van der Waals surface area (Å²) in [6.45, 7) is 0. The van der Waals surface area contributed by atoms with E-state index in [0.29, 0.717) is 23.0 Å². The fourth-order valence-corrected chi connectivity index (χ4v) is 3.38. The van der Waals surface area contributed by atoms with Gasteiger partial charge in [0.1, 0.15) is 6.10 Å². The Bertz CT molecular complexity index is 960. The van der Waals surface area contributed by atoms with Gasteiger partial charge in [0.15, 0.2) is 5.65 Å². The van der Waals surface area contributed by atoms with Crippen molar-refractivity contribution in [2.24, 2.45) is 5.73 Å². The summed E-state index contributed by atoms with van der Waals surface area (Å²) in [4.78, 5) is 16.1. The number of nitrogens with zero attached hydrogens (tertiary/aromatic N) is 3. The molecule has 146 valence electrons. The first-order valence-electron chi connectivity index (χ1n) is 9.49. The van der Waals surface area contributed by atoms with Crippen molar-refractivity contribution in [3.63, 3.8) is 0 Å². The van der Waals surface area contributed by atoms with Gasteiger partial charge in [-0.2, -0.15) is 9.50 Å². The number of fused-ring (bicyclic) bond motifs is 1. The number of nitrogens with two attached hydrogens (primary N) is 1. The SMILES string of the molecule is CNC(=O)c1ccc(Nc2nc3cccc(O[C@H]4CC[C@H](N)CC4)n3n2)cc1. The zero-order chi connectivity index (χ0) is 19.5. The average Bonchev–Trinajstić information content (AvgIpc) is 3.13. The molecule has 2 aromatic heterocycles. The molecule has 2 heterocycles. The normalized spacial score (nSPS) is 19.4.